The lowest BCUT2D eigenvalue weighted by Gasteiger charge is -2.27. The van der Waals surface area contributed by atoms with Crippen LogP contribution in [0.3, 0.4) is 0 Å². The summed E-state index contributed by atoms with van der Waals surface area (Å²) in [5.41, 5.74) is 2.48. The van der Waals surface area contributed by atoms with Gasteiger partial charge in [-0.25, -0.2) is 0 Å². The van der Waals surface area contributed by atoms with Crippen LogP contribution < -0.4 is 0 Å². The molecule has 0 aromatic heterocycles. The fourth-order valence-corrected chi connectivity index (χ4v) is 4.51. The quantitative estimate of drug-likeness (QED) is 0.445. The lowest BCUT2D eigenvalue weighted by atomic mass is 10.1. The van der Waals surface area contributed by atoms with E-state index in [2.05, 4.69) is 4.99 Å². The molecule has 2 unspecified atom stereocenters. The Labute approximate surface area is 165 Å². The monoisotopic (exact) mass is 409 g/mol. The fourth-order valence-electron chi connectivity index (χ4n) is 2.53. The molecule has 1 N–H and O–H groups in total. The van der Waals surface area contributed by atoms with Gasteiger partial charge in [0.15, 0.2) is 5.78 Å². The summed E-state index contributed by atoms with van der Waals surface area (Å²) in [5.74, 6) is -1.10. The minimum Gasteiger partial charge on any atom is -0.385 e. The number of hydrogen-bond donors (Lipinski definition) is 1. The van der Waals surface area contributed by atoms with Gasteiger partial charge in [0.25, 0.3) is 0 Å². The van der Waals surface area contributed by atoms with Gasteiger partial charge in [-0.15, -0.1) is 0 Å². The third-order valence-corrected chi connectivity index (χ3v) is 6.44. The Hall–Kier alpha value is -1.49. The topological polar surface area (TPSA) is 68.1 Å². The molecule has 0 aliphatic heterocycles. The van der Waals surface area contributed by atoms with Gasteiger partial charge >= 0.3 is 7.60 Å². The van der Waals surface area contributed by atoms with Crippen LogP contribution in [0.4, 0.5) is 0 Å². The van der Waals surface area contributed by atoms with Gasteiger partial charge in [0.05, 0.1) is 13.2 Å². The minimum absolute atomic E-state index is 0.182. The number of benzene rings is 2. The van der Waals surface area contributed by atoms with Crippen molar-refractivity contribution < 1.29 is 18.7 Å². The third-order valence-electron chi connectivity index (χ3n) is 3.89. The Kier molecular flexibility index (Phi) is 8.21. The molecule has 0 aliphatic rings. The van der Waals surface area contributed by atoms with Gasteiger partial charge < -0.3 is 14.2 Å². The maximum atomic E-state index is 13.3. The highest BCUT2D eigenvalue weighted by Crippen LogP contribution is 2.57. The van der Waals surface area contributed by atoms with Crippen LogP contribution in [0.15, 0.2) is 53.5 Å². The Balaban J connectivity index is 2.41. The first-order valence-corrected chi connectivity index (χ1v) is 10.8. The summed E-state index contributed by atoms with van der Waals surface area (Å²) in [4.78, 5) is 4.41. The van der Waals surface area contributed by atoms with E-state index in [0.29, 0.717) is 10.6 Å². The molecule has 146 valence electrons. The zero-order chi connectivity index (χ0) is 19.9. The molecule has 2 rings (SSSR count). The normalized spacial score (nSPS) is 14.4. The highest BCUT2D eigenvalue weighted by Gasteiger charge is 2.41. The van der Waals surface area contributed by atoms with Gasteiger partial charge in [-0.2, -0.15) is 0 Å². The molecule has 0 radical (unpaired) electrons. The number of aliphatic imine (C=N–C) groups is 1. The fraction of sp³-hybridized carbons (Fsp3) is 0.350. The summed E-state index contributed by atoms with van der Waals surface area (Å²) >= 11 is 5.92. The van der Waals surface area contributed by atoms with Crippen LogP contribution in [-0.2, 0) is 13.6 Å². The van der Waals surface area contributed by atoms with Crippen LogP contribution in [0, 0.1) is 6.92 Å². The standard InChI is InChI=1S/C20H25ClNO4P/c1-4-25-27(24,26-5-2)20(19(23)17-10-12-18(21)13-11-17)22-14-16-8-6-15(3)7-9-16/h6-14,19-20,23H,4-5H2,1-3H3/b22-14+. The summed E-state index contributed by atoms with van der Waals surface area (Å²) < 4.78 is 24.2. The first-order valence-electron chi connectivity index (χ1n) is 8.81. The Bertz CT molecular complexity index is 783. The molecule has 2 aromatic carbocycles. The average molecular weight is 410 g/mol. The first-order chi connectivity index (χ1) is 12.9. The second kappa shape index (κ2) is 10.2. The van der Waals surface area contributed by atoms with Crippen LogP contribution in [0.2, 0.25) is 5.02 Å². The summed E-state index contributed by atoms with van der Waals surface area (Å²) in [6.07, 6.45) is 0.404. The molecular formula is C20H25ClNO4P. The van der Waals surface area contributed by atoms with Gasteiger partial charge in [-0.3, -0.25) is 9.56 Å². The lowest BCUT2D eigenvalue weighted by molar-refractivity contribution is 0.141. The van der Waals surface area contributed by atoms with Crippen molar-refractivity contribution >= 4 is 25.4 Å². The van der Waals surface area contributed by atoms with E-state index in [-0.39, 0.29) is 13.2 Å². The molecule has 0 fully saturated rings. The van der Waals surface area contributed by atoms with E-state index in [4.69, 9.17) is 20.6 Å². The van der Waals surface area contributed by atoms with Crippen LogP contribution in [0.25, 0.3) is 0 Å². The first kappa shape index (κ1) is 21.8. The SMILES string of the molecule is CCOP(=O)(OCC)C(/N=C/c1ccc(C)cc1)C(O)c1ccc(Cl)cc1. The number of nitrogens with zero attached hydrogens (tertiary/aromatic N) is 1. The second-order valence-corrected chi connectivity index (χ2v) is 8.54. The molecule has 5 nitrogen and oxygen atoms in total. The van der Waals surface area contributed by atoms with E-state index in [9.17, 15) is 9.67 Å². The zero-order valence-corrected chi connectivity index (χ0v) is 17.4. The third kappa shape index (κ3) is 6.00. The van der Waals surface area contributed by atoms with E-state index >= 15 is 0 Å². The van der Waals surface area contributed by atoms with Crippen molar-refractivity contribution in [2.45, 2.75) is 32.7 Å². The molecule has 0 aliphatic carbocycles. The highest BCUT2D eigenvalue weighted by molar-refractivity contribution is 7.54. The molecule has 27 heavy (non-hydrogen) atoms. The van der Waals surface area contributed by atoms with Crippen molar-refractivity contribution in [1.82, 2.24) is 0 Å². The van der Waals surface area contributed by atoms with Gasteiger partial charge in [0.1, 0.15) is 6.10 Å². The molecule has 0 saturated carbocycles. The van der Waals surface area contributed by atoms with E-state index in [1.54, 1.807) is 44.3 Å². The van der Waals surface area contributed by atoms with Crippen LogP contribution in [0.5, 0.6) is 0 Å². The van der Waals surface area contributed by atoms with Crippen LogP contribution in [0.1, 0.15) is 36.6 Å². The molecule has 7 heteroatoms. The van der Waals surface area contributed by atoms with E-state index in [1.165, 1.54) is 0 Å². The van der Waals surface area contributed by atoms with Crippen molar-refractivity contribution in [1.29, 1.82) is 0 Å². The van der Waals surface area contributed by atoms with Crippen molar-refractivity contribution in [2.75, 3.05) is 13.2 Å². The molecule has 0 saturated heterocycles. The van der Waals surface area contributed by atoms with Crippen molar-refractivity contribution in [3.8, 4) is 0 Å². The average Bonchev–Trinajstić information content (AvgIpc) is 2.64. The van der Waals surface area contributed by atoms with Gasteiger partial charge in [0.2, 0.25) is 0 Å². The number of aliphatic hydroxyl groups excluding tert-OH is 1. The maximum absolute atomic E-state index is 13.3. The molecule has 2 aromatic rings. The van der Waals surface area contributed by atoms with E-state index in [1.807, 2.05) is 31.2 Å². The molecule has 0 spiro atoms. The predicted octanol–water partition coefficient (Wildman–Crippen LogP) is 5.39. The highest BCUT2D eigenvalue weighted by atomic mass is 35.5. The molecule has 0 heterocycles. The van der Waals surface area contributed by atoms with Gasteiger partial charge in [0, 0.05) is 11.2 Å². The second-order valence-electron chi connectivity index (χ2n) is 5.97. The minimum atomic E-state index is -3.69. The summed E-state index contributed by atoms with van der Waals surface area (Å²) in [6, 6.07) is 14.4. The summed E-state index contributed by atoms with van der Waals surface area (Å²) in [5, 5.41) is 11.4. The Morgan fingerprint density at radius 3 is 2.15 bits per heavy atom. The van der Waals surface area contributed by atoms with E-state index < -0.39 is 19.5 Å². The van der Waals surface area contributed by atoms with Crippen molar-refractivity contribution in [2.24, 2.45) is 4.99 Å². The molecule has 2 atom stereocenters. The Morgan fingerprint density at radius 2 is 1.63 bits per heavy atom. The zero-order valence-electron chi connectivity index (χ0n) is 15.7. The molecule has 0 bridgehead atoms. The number of hydrogen-bond acceptors (Lipinski definition) is 5. The smallest absolute Gasteiger partial charge is 0.357 e. The maximum Gasteiger partial charge on any atom is 0.357 e. The van der Waals surface area contributed by atoms with Gasteiger partial charge in [-0.05, 0) is 44.0 Å². The van der Waals surface area contributed by atoms with E-state index in [0.717, 1.165) is 11.1 Å². The number of aliphatic hydroxyl groups is 1. The van der Waals surface area contributed by atoms with Crippen molar-refractivity contribution in [3.63, 3.8) is 0 Å². The van der Waals surface area contributed by atoms with Crippen molar-refractivity contribution in [3.05, 3.63) is 70.2 Å². The largest absolute Gasteiger partial charge is 0.385 e. The Morgan fingerprint density at radius 1 is 1.07 bits per heavy atom. The summed E-state index contributed by atoms with van der Waals surface area (Å²) in [7, 11) is -3.69. The van der Waals surface area contributed by atoms with Crippen LogP contribution >= 0.6 is 19.2 Å². The molecule has 0 amide bonds. The van der Waals surface area contributed by atoms with Crippen LogP contribution in [-0.4, -0.2) is 30.3 Å². The molecular weight excluding hydrogens is 385 g/mol. The number of halogens is 1. The number of aryl methyl sites for hydroxylation is 1. The summed E-state index contributed by atoms with van der Waals surface area (Å²) in [6.45, 7) is 5.80. The lowest BCUT2D eigenvalue weighted by Crippen LogP contribution is -2.20. The number of rotatable bonds is 9. The predicted molar refractivity (Wildman–Crippen MR) is 110 cm³/mol. The van der Waals surface area contributed by atoms with Gasteiger partial charge in [-0.1, -0.05) is 53.6 Å².